The molecular formula is C36H24. The van der Waals surface area contributed by atoms with Crippen molar-refractivity contribution in [3.63, 3.8) is 0 Å². The lowest BCUT2D eigenvalue weighted by atomic mass is 9.70. The highest BCUT2D eigenvalue weighted by Crippen LogP contribution is 2.62. The molecule has 8 rings (SSSR count). The minimum absolute atomic E-state index is 0.272. The SMILES string of the molecule is Cc1cc(-c2ccc3c(c2)-c2ccccc2C32c3ccccc3-c3ccccc32)c2ccccc2c1. The van der Waals surface area contributed by atoms with Gasteiger partial charge in [0.15, 0.2) is 0 Å². The first kappa shape index (κ1) is 19.8. The van der Waals surface area contributed by atoms with Crippen LogP contribution >= 0.6 is 0 Å². The van der Waals surface area contributed by atoms with E-state index in [2.05, 4.69) is 134 Å². The third kappa shape index (κ3) is 2.39. The van der Waals surface area contributed by atoms with E-state index in [1.807, 2.05) is 0 Å². The minimum Gasteiger partial charge on any atom is -0.0619 e. The van der Waals surface area contributed by atoms with Crippen molar-refractivity contribution in [2.45, 2.75) is 12.3 Å². The quantitative estimate of drug-likeness (QED) is 0.231. The van der Waals surface area contributed by atoms with E-state index in [-0.39, 0.29) is 5.41 Å². The highest BCUT2D eigenvalue weighted by molar-refractivity contribution is 6.00. The largest absolute Gasteiger partial charge is 0.0725 e. The molecule has 6 aromatic rings. The average Bonchev–Trinajstić information content (AvgIpc) is 3.40. The van der Waals surface area contributed by atoms with Crippen LogP contribution in [0.1, 0.15) is 27.8 Å². The summed E-state index contributed by atoms with van der Waals surface area (Å²) in [5.41, 5.74) is 14.6. The molecule has 0 aromatic heterocycles. The Morgan fingerprint density at radius 3 is 1.61 bits per heavy atom. The first-order valence-electron chi connectivity index (χ1n) is 12.7. The maximum atomic E-state index is 2.44. The Morgan fingerprint density at radius 1 is 0.417 bits per heavy atom. The van der Waals surface area contributed by atoms with Crippen molar-refractivity contribution in [2.75, 3.05) is 0 Å². The van der Waals surface area contributed by atoms with Gasteiger partial charge < -0.3 is 0 Å². The molecule has 1 spiro atoms. The smallest absolute Gasteiger partial charge is 0.0619 e. The summed E-state index contributed by atoms with van der Waals surface area (Å²) in [5.74, 6) is 0. The summed E-state index contributed by atoms with van der Waals surface area (Å²) >= 11 is 0. The Bertz CT molecular complexity index is 1810. The number of aryl methyl sites for hydroxylation is 1. The standard InChI is InChI=1S/C36H24/c1-23-20-24-10-2-3-11-26(24)30(21-23)25-18-19-35-31(22-25)29-14-6-9-17-34(29)36(35)32-15-7-4-12-27(32)28-13-5-8-16-33(28)36/h2-22H,1H3. The van der Waals surface area contributed by atoms with Crippen molar-refractivity contribution in [1.82, 2.24) is 0 Å². The zero-order chi connectivity index (χ0) is 23.9. The molecule has 0 nitrogen and oxygen atoms in total. The van der Waals surface area contributed by atoms with Crippen molar-refractivity contribution in [3.8, 4) is 33.4 Å². The number of benzene rings is 6. The molecule has 0 amide bonds. The topological polar surface area (TPSA) is 0 Å². The molecule has 0 aliphatic heterocycles. The number of fused-ring (bicyclic) bond motifs is 11. The molecular weight excluding hydrogens is 432 g/mol. The summed E-state index contributed by atoms with van der Waals surface area (Å²) in [6, 6.07) is 47.6. The number of hydrogen-bond acceptors (Lipinski definition) is 0. The van der Waals surface area contributed by atoms with Gasteiger partial charge in [-0.3, -0.25) is 0 Å². The first-order valence-corrected chi connectivity index (χ1v) is 12.7. The molecule has 6 aromatic carbocycles. The molecule has 0 saturated carbocycles. The zero-order valence-electron chi connectivity index (χ0n) is 20.1. The van der Waals surface area contributed by atoms with E-state index in [1.165, 1.54) is 72.0 Å². The number of hydrogen-bond donors (Lipinski definition) is 0. The summed E-state index contributed by atoms with van der Waals surface area (Å²) < 4.78 is 0. The van der Waals surface area contributed by atoms with Crippen LogP contribution in [-0.2, 0) is 5.41 Å². The van der Waals surface area contributed by atoms with Gasteiger partial charge in [-0.2, -0.15) is 0 Å². The molecule has 0 fully saturated rings. The Labute approximate surface area is 211 Å². The predicted molar refractivity (Wildman–Crippen MR) is 150 cm³/mol. The van der Waals surface area contributed by atoms with Gasteiger partial charge in [0.05, 0.1) is 5.41 Å². The molecule has 168 valence electrons. The summed E-state index contributed by atoms with van der Waals surface area (Å²) in [6.45, 7) is 2.19. The van der Waals surface area contributed by atoms with Gasteiger partial charge in [-0.1, -0.05) is 121 Å². The van der Waals surface area contributed by atoms with Crippen LogP contribution in [0.3, 0.4) is 0 Å². The number of rotatable bonds is 1. The monoisotopic (exact) mass is 456 g/mol. The van der Waals surface area contributed by atoms with E-state index in [1.54, 1.807) is 0 Å². The van der Waals surface area contributed by atoms with Gasteiger partial charge in [0.1, 0.15) is 0 Å². The second-order valence-corrected chi connectivity index (χ2v) is 10.2. The van der Waals surface area contributed by atoms with Gasteiger partial charge in [-0.25, -0.2) is 0 Å². The molecule has 0 bridgehead atoms. The van der Waals surface area contributed by atoms with E-state index in [9.17, 15) is 0 Å². The van der Waals surface area contributed by atoms with Gasteiger partial charge in [-0.05, 0) is 85.0 Å². The lowest BCUT2D eigenvalue weighted by Crippen LogP contribution is -2.25. The normalized spacial score (nSPS) is 13.9. The third-order valence-electron chi connectivity index (χ3n) is 8.31. The molecule has 0 heterocycles. The highest BCUT2D eigenvalue weighted by atomic mass is 14.5. The minimum atomic E-state index is -0.272. The van der Waals surface area contributed by atoms with Gasteiger partial charge >= 0.3 is 0 Å². The maximum Gasteiger partial charge on any atom is 0.0725 e. The molecule has 0 N–H and O–H groups in total. The van der Waals surface area contributed by atoms with Crippen LogP contribution in [0.25, 0.3) is 44.2 Å². The second kappa shape index (κ2) is 7.06. The molecule has 2 aliphatic rings. The Balaban J connectivity index is 1.47. The van der Waals surface area contributed by atoms with Gasteiger partial charge in [0.2, 0.25) is 0 Å². The Hall–Kier alpha value is -4.42. The fraction of sp³-hybridized carbons (Fsp3) is 0.0556. The summed E-state index contributed by atoms with van der Waals surface area (Å²) in [4.78, 5) is 0. The fourth-order valence-electron chi connectivity index (χ4n) is 6.97. The lowest BCUT2D eigenvalue weighted by molar-refractivity contribution is 0.794. The Morgan fingerprint density at radius 2 is 0.944 bits per heavy atom. The molecule has 36 heavy (non-hydrogen) atoms. The van der Waals surface area contributed by atoms with E-state index in [0.717, 1.165) is 0 Å². The van der Waals surface area contributed by atoms with Crippen LogP contribution in [0.4, 0.5) is 0 Å². The summed E-state index contributed by atoms with van der Waals surface area (Å²) in [6.07, 6.45) is 0. The molecule has 0 unspecified atom stereocenters. The van der Waals surface area contributed by atoms with Crippen LogP contribution in [0.5, 0.6) is 0 Å². The van der Waals surface area contributed by atoms with E-state index < -0.39 is 0 Å². The lowest BCUT2D eigenvalue weighted by Gasteiger charge is -2.30. The highest BCUT2D eigenvalue weighted by Gasteiger charge is 2.51. The van der Waals surface area contributed by atoms with Crippen LogP contribution in [0, 0.1) is 6.92 Å². The van der Waals surface area contributed by atoms with Crippen LogP contribution in [0.2, 0.25) is 0 Å². The van der Waals surface area contributed by atoms with E-state index in [0.29, 0.717) is 0 Å². The molecule has 0 heteroatoms. The van der Waals surface area contributed by atoms with E-state index >= 15 is 0 Å². The second-order valence-electron chi connectivity index (χ2n) is 10.2. The van der Waals surface area contributed by atoms with Crippen molar-refractivity contribution >= 4 is 10.8 Å². The summed E-state index contributed by atoms with van der Waals surface area (Å²) in [5, 5.41) is 2.60. The van der Waals surface area contributed by atoms with Gasteiger partial charge in [0, 0.05) is 0 Å². The maximum absolute atomic E-state index is 2.44. The van der Waals surface area contributed by atoms with Crippen LogP contribution in [0.15, 0.2) is 127 Å². The Kier molecular flexibility index (Phi) is 3.89. The van der Waals surface area contributed by atoms with Crippen molar-refractivity contribution < 1.29 is 0 Å². The van der Waals surface area contributed by atoms with Gasteiger partial charge in [0.25, 0.3) is 0 Å². The fourth-order valence-corrected chi connectivity index (χ4v) is 6.97. The van der Waals surface area contributed by atoms with Crippen molar-refractivity contribution in [3.05, 3.63) is 155 Å². The van der Waals surface area contributed by atoms with Gasteiger partial charge in [-0.15, -0.1) is 0 Å². The van der Waals surface area contributed by atoms with E-state index in [4.69, 9.17) is 0 Å². The molecule has 0 saturated heterocycles. The van der Waals surface area contributed by atoms with Crippen molar-refractivity contribution in [1.29, 1.82) is 0 Å². The summed E-state index contributed by atoms with van der Waals surface area (Å²) in [7, 11) is 0. The molecule has 2 aliphatic carbocycles. The third-order valence-corrected chi connectivity index (χ3v) is 8.31. The predicted octanol–water partition coefficient (Wildman–Crippen LogP) is 9.16. The van der Waals surface area contributed by atoms with Crippen molar-refractivity contribution in [2.24, 2.45) is 0 Å². The molecule has 0 atom stereocenters. The molecule has 0 radical (unpaired) electrons. The van der Waals surface area contributed by atoms with Crippen LogP contribution in [-0.4, -0.2) is 0 Å². The first-order chi connectivity index (χ1) is 17.8. The zero-order valence-corrected chi connectivity index (χ0v) is 20.1. The van der Waals surface area contributed by atoms with Crippen LogP contribution < -0.4 is 0 Å². The average molecular weight is 457 g/mol.